The second-order valence-corrected chi connectivity index (χ2v) is 7.25. The van der Waals surface area contributed by atoms with Gasteiger partial charge in [-0.1, -0.05) is 24.8 Å². The minimum Gasteiger partial charge on any atom is -0.496 e. The van der Waals surface area contributed by atoms with E-state index in [2.05, 4.69) is 32.4 Å². The second-order valence-electron chi connectivity index (χ2n) is 7.25. The fourth-order valence-corrected chi connectivity index (χ4v) is 3.59. The van der Waals surface area contributed by atoms with E-state index in [1.165, 1.54) is 24.1 Å². The number of rotatable bonds is 7. The average molecular weight is 457 g/mol. The third kappa shape index (κ3) is 4.16. The summed E-state index contributed by atoms with van der Waals surface area (Å²) < 4.78 is 6.93. The SMILES string of the molecule is C=CC(=O)Nc1ccc(-c2nn3ncnc(N)c3c2-c2ccc(C(=O)NCC)c(OC)c2)cc1. The molecule has 0 unspecified atom stereocenters. The van der Waals surface area contributed by atoms with Crippen LogP contribution in [0.3, 0.4) is 0 Å². The molecule has 0 aliphatic carbocycles. The fraction of sp³-hybridized carbons (Fsp3) is 0.125. The molecule has 0 saturated heterocycles. The number of amides is 2. The van der Waals surface area contributed by atoms with Crippen LogP contribution in [0.25, 0.3) is 27.9 Å². The molecule has 2 amide bonds. The van der Waals surface area contributed by atoms with Gasteiger partial charge in [-0.3, -0.25) is 9.59 Å². The second kappa shape index (κ2) is 9.41. The van der Waals surface area contributed by atoms with Crippen molar-refractivity contribution in [1.29, 1.82) is 0 Å². The maximum absolute atomic E-state index is 12.4. The minimum atomic E-state index is -0.302. The van der Waals surface area contributed by atoms with Crippen molar-refractivity contribution in [2.45, 2.75) is 6.92 Å². The predicted octanol–water partition coefficient (Wildman–Crippen LogP) is 2.92. The molecule has 34 heavy (non-hydrogen) atoms. The highest BCUT2D eigenvalue weighted by atomic mass is 16.5. The van der Waals surface area contributed by atoms with Gasteiger partial charge in [0.1, 0.15) is 23.3 Å². The number of nitrogens with one attached hydrogen (secondary N) is 2. The van der Waals surface area contributed by atoms with Gasteiger partial charge in [0.25, 0.3) is 5.91 Å². The van der Waals surface area contributed by atoms with E-state index in [0.717, 1.165) is 11.1 Å². The van der Waals surface area contributed by atoms with Crippen LogP contribution >= 0.6 is 0 Å². The monoisotopic (exact) mass is 457 g/mol. The molecule has 0 spiro atoms. The van der Waals surface area contributed by atoms with Crippen molar-refractivity contribution in [2.24, 2.45) is 0 Å². The Bertz CT molecular complexity index is 1390. The van der Waals surface area contributed by atoms with Crippen LogP contribution in [0.5, 0.6) is 5.75 Å². The number of nitrogens with two attached hydrogens (primary N) is 1. The van der Waals surface area contributed by atoms with Gasteiger partial charge >= 0.3 is 0 Å². The quantitative estimate of drug-likeness (QED) is 0.363. The van der Waals surface area contributed by atoms with E-state index in [1.54, 1.807) is 30.3 Å². The van der Waals surface area contributed by atoms with E-state index >= 15 is 0 Å². The van der Waals surface area contributed by atoms with Gasteiger partial charge < -0.3 is 21.1 Å². The molecule has 0 bridgehead atoms. The number of anilines is 2. The molecule has 0 saturated carbocycles. The lowest BCUT2D eigenvalue weighted by Gasteiger charge is -2.11. The van der Waals surface area contributed by atoms with Gasteiger partial charge in [0.2, 0.25) is 5.91 Å². The van der Waals surface area contributed by atoms with Gasteiger partial charge in [-0.2, -0.15) is 0 Å². The minimum absolute atomic E-state index is 0.231. The third-order valence-electron chi connectivity index (χ3n) is 5.15. The first-order chi connectivity index (χ1) is 16.5. The molecule has 0 aliphatic rings. The molecule has 4 rings (SSSR count). The molecule has 2 aromatic carbocycles. The lowest BCUT2D eigenvalue weighted by atomic mass is 9.98. The molecule has 0 fully saturated rings. The van der Waals surface area contributed by atoms with Gasteiger partial charge in [-0.05, 0) is 42.8 Å². The summed E-state index contributed by atoms with van der Waals surface area (Å²) in [5.41, 5.74) is 10.5. The summed E-state index contributed by atoms with van der Waals surface area (Å²) in [6.07, 6.45) is 2.53. The first kappa shape index (κ1) is 22.5. The zero-order valence-corrected chi connectivity index (χ0v) is 18.7. The van der Waals surface area contributed by atoms with Crippen LogP contribution in [-0.2, 0) is 4.79 Å². The van der Waals surface area contributed by atoms with Gasteiger partial charge in [0.05, 0.1) is 12.7 Å². The zero-order valence-electron chi connectivity index (χ0n) is 18.7. The van der Waals surface area contributed by atoms with Crippen molar-refractivity contribution >= 4 is 28.8 Å². The van der Waals surface area contributed by atoms with E-state index in [4.69, 9.17) is 10.5 Å². The number of nitrogen functional groups attached to an aromatic ring is 1. The van der Waals surface area contributed by atoms with Crippen LogP contribution in [0, 0.1) is 0 Å². The molecular formula is C24H23N7O3. The lowest BCUT2D eigenvalue weighted by Crippen LogP contribution is -2.23. The smallest absolute Gasteiger partial charge is 0.255 e. The molecule has 2 heterocycles. The summed E-state index contributed by atoms with van der Waals surface area (Å²) in [5.74, 6) is 0.131. The van der Waals surface area contributed by atoms with Gasteiger partial charge in [-0.15, -0.1) is 14.8 Å². The number of ether oxygens (including phenoxy) is 1. The topological polar surface area (TPSA) is 137 Å². The number of carbonyl (C=O) groups excluding carboxylic acids is 2. The van der Waals surface area contributed by atoms with E-state index in [9.17, 15) is 9.59 Å². The Morgan fingerprint density at radius 1 is 1.18 bits per heavy atom. The first-order valence-electron chi connectivity index (χ1n) is 10.5. The first-order valence-corrected chi connectivity index (χ1v) is 10.5. The van der Waals surface area contributed by atoms with Crippen molar-refractivity contribution in [1.82, 2.24) is 25.1 Å². The summed E-state index contributed by atoms with van der Waals surface area (Å²) in [5, 5.41) is 14.3. The Balaban J connectivity index is 1.88. The predicted molar refractivity (Wildman–Crippen MR) is 129 cm³/mol. The van der Waals surface area contributed by atoms with E-state index < -0.39 is 0 Å². The van der Waals surface area contributed by atoms with Gasteiger partial charge in [0, 0.05) is 23.4 Å². The number of hydrogen-bond donors (Lipinski definition) is 3. The number of carbonyl (C=O) groups is 2. The molecule has 2 aromatic heterocycles. The Morgan fingerprint density at radius 3 is 2.59 bits per heavy atom. The van der Waals surface area contributed by atoms with Crippen LogP contribution in [-0.4, -0.2) is 45.3 Å². The lowest BCUT2D eigenvalue weighted by molar-refractivity contribution is -0.111. The standard InChI is InChI=1S/C24H23N7O3/c1-4-19(32)29-16-9-6-14(7-10-16)21-20(22-23(25)27-13-28-31(22)30-21)15-8-11-17(18(12-15)34-3)24(33)26-5-2/h4,6-13H,1,5H2,2-3H3,(H,26,33)(H,29,32)(H2,25,27,28). The van der Waals surface area contributed by atoms with Crippen LogP contribution in [0.1, 0.15) is 17.3 Å². The number of methoxy groups -OCH3 is 1. The largest absolute Gasteiger partial charge is 0.496 e. The van der Waals surface area contributed by atoms with E-state index in [1.807, 2.05) is 19.1 Å². The van der Waals surface area contributed by atoms with Crippen LogP contribution < -0.4 is 21.1 Å². The average Bonchev–Trinajstić information content (AvgIpc) is 3.25. The molecule has 172 valence electrons. The van der Waals surface area contributed by atoms with Gasteiger partial charge in [0.15, 0.2) is 5.82 Å². The van der Waals surface area contributed by atoms with E-state index in [0.29, 0.717) is 40.3 Å². The summed E-state index contributed by atoms with van der Waals surface area (Å²) in [6, 6.07) is 12.4. The highest BCUT2D eigenvalue weighted by molar-refractivity contribution is 6.01. The normalized spacial score (nSPS) is 10.6. The Morgan fingerprint density at radius 2 is 1.91 bits per heavy atom. The van der Waals surface area contributed by atoms with Gasteiger partial charge in [-0.25, -0.2) is 4.98 Å². The number of nitrogens with zero attached hydrogens (tertiary/aromatic N) is 4. The highest BCUT2D eigenvalue weighted by Crippen LogP contribution is 2.38. The molecule has 4 aromatic rings. The Hall–Kier alpha value is -4.73. The maximum Gasteiger partial charge on any atom is 0.255 e. The van der Waals surface area contributed by atoms with Crippen molar-refractivity contribution in [2.75, 3.05) is 24.7 Å². The summed E-state index contributed by atoms with van der Waals surface area (Å²) in [4.78, 5) is 28.1. The molecule has 4 N–H and O–H groups in total. The summed E-state index contributed by atoms with van der Waals surface area (Å²) >= 11 is 0. The van der Waals surface area contributed by atoms with Crippen LogP contribution in [0.15, 0.2) is 61.4 Å². The highest BCUT2D eigenvalue weighted by Gasteiger charge is 2.22. The molecular weight excluding hydrogens is 434 g/mol. The zero-order chi connectivity index (χ0) is 24.2. The number of benzene rings is 2. The summed E-state index contributed by atoms with van der Waals surface area (Å²) in [6.45, 7) is 5.80. The van der Waals surface area contributed by atoms with Crippen molar-refractivity contribution in [3.05, 3.63) is 67.0 Å². The van der Waals surface area contributed by atoms with Crippen LogP contribution in [0.2, 0.25) is 0 Å². The number of hydrogen-bond acceptors (Lipinski definition) is 7. The molecule has 0 radical (unpaired) electrons. The molecule has 0 atom stereocenters. The molecule has 10 nitrogen and oxygen atoms in total. The van der Waals surface area contributed by atoms with Crippen molar-refractivity contribution in [3.8, 4) is 28.1 Å². The Kier molecular flexibility index (Phi) is 6.22. The fourth-order valence-electron chi connectivity index (χ4n) is 3.59. The van der Waals surface area contributed by atoms with Crippen LogP contribution in [0.4, 0.5) is 11.5 Å². The maximum atomic E-state index is 12.4. The number of aromatic nitrogens is 4. The van der Waals surface area contributed by atoms with E-state index in [-0.39, 0.29) is 17.6 Å². The number of fused-ring (bicyclic) bond motifs is 1. The molecule has 10 heteroatoms. The van der Waals surface area contributed by atoms with Crippen molar-refractivity contribution < 1.29 is 14.3 Å². The Labute approximate surface area is 195 Å². The van der Waals surface area contributed by atoms with Crippen molar-refractivity contribution in [3.63, 3.8) is 0 Å². The summed E-state index contributed by atoms with van der Waals surface area (Å²) in [7, 11) is 1.51. The molecule has 0 aliphatic heterocycles. The third-order valence-corrected chi connectivity index (χ3v) is 5.15.